The molecule has 5 rings (SSSR count). The molecule has 7 heteroatoms. The SMILES string of the molecule is Cc1ccccc1COc1ccc(/C(O)=C2\C(=O)C(=O)N(Cc3cccnc3)[C@H]2c2ccncc2)cc1. The van der Waals surface area contributed by atoms with Crippen LogP contribution in [-0.2, 0) is 22.7 Å². The number of ether oxygens (including phenoxy) is 1. The van der Waals surface area contributed by atoms with Gasteiger partial charge in [-0.05, 0) is 71.6 Å². The van der Waals surface area contributed by atoms with Gasteiger partial charge >= 0.3 is 0 Å². The largest absolute Gasteiger partial charge is 0.507 e. The Hall–Kier alpha value is -4.78. The van der Waals surface area contributed by atoms with E-state index in [-0.39, 0.29) is 17.9 Å². The van der Waals surface area contributed by atoms with Crippen molar-refractivity contribution in [3.05, 3.63) is 131 Å². The molecule has 1 saturated heterocycles. The first-order valence-electron chi connectivity index (χ1n) is 11.9. The van der Waals surface area contributed by atoms with Gasteiger partial charge in [0.05, 0.1) is 11.6 Å². The van der Waals surface area contributed by atoms with Crippen LogP contribution in [0.25, 0.3) is 5.76 Å². The molecule has 1 aliphatic rings. The summed E-state index contributed by atoms with van der Waals surface area (Å²) in [6.07, 6.45) is 6.49. The van der Waals surface area contributed by atoms with Gasteiger partial charge in [-0.2, -0.15) is 0 Å². The molecule has 0 spiro atoms. The first-order chi connectivity index (χ1) is 18.0. The molecule has 0 saturated carbocycles. The number of aliphatic hydroxyl groups is 1. The molecule has 1 amide bonds. The minimum Gasteiger partial charge on any atom is -0.507 e. The third-order valence-electron chi connectivity index (χ3n) is 6.42. The molecule has 37 heavy (non-hydrogen) atoms. The number of likely N-dealkylation sites (tertiary alicyclic amines) is 1. The van der Waals surface area contributed by atoms with Gasteiger partial charge in [0.25, 0.3) is 11.7 Å². The highest BCUT2D eigenvalue weighted by atomic mass is 16.5. The van der Waals surface area contributed by atoms with E-state index in [1.54, 1.807) is 67.3 Å². The van der Waals surface area contributed by atoms with Crippen LogP contribution in [0.1, 0.15) is 33.9 Å². The summed E-state index contributed by atoms with van der Waals surface area (Å²) in [4.78, 5) is 35.9. The maximum absolute atomic E-state index is 13.2. The van der Waals surface area contributed by atoms with E-state index in [2.05, 4.69) is 9.97 Å². The number of hydrogen-bond donors (Lipinski definition) is 1. The molecule has 184 valence electrons. The Balaban J connectivity index is 1.46. The number of aliphatic hydroxyl groups excluding tert-OH is 1. The molecule has 1 N–H and O–H groups in total. The molecule has 0 aliphatic carbocycles. The quantitative estimate of drug-likeness (QED) is 0.223. The van der Waals surface area contributed by atoms with Crippen LogP contribution < -0.4 is 4.74 Å². The van der Waals surface area contributed by atoms with Gasteiger partial charge < -0.3 is 14.7 Å². The van der Waals surface area contributed by atoms with E-state index in [4.69, 9.17) is 4.74 Å². The fourth-order valence-corrected chi connectivity index (χ4v) is 4.42. The molecule has 1 aliphatic heterocycles. The molecule has 0 bridgehead atoms. The van der Waals surface area contributed by atoms with Crippen molar-refractivity contribution < 1.29 is 19.4 Å². The fourth-order valence-electron chi connectivity index (χ4n) is 4.42. The standard InChI is InChI=1S/C30H25N3O4/c1-20-5-2-3-7-24(20)19-37-25-10-8-23(9-11-25)28(34)26-27(22-12-15-31-16-13-22)33(30(36)29(26)35)18-21-6-4-14-32-17-21/h2-17,27,34H,18-19H2,1H3/b28-26+/t27-/m0/s1. The summed E-state index contributed by atoms with van der Waals surface area (Å²) >= 11 is 0. The summed E-state index contributed by atoms with van der Waals surface area (Å²) in [6, 6.07) is 21.2. The molecule has 4 aromatic rings. The Morgan fingerprint density at radius 1 is 0.919 bits per heavy atom. The molecule has 1 fully saturated rings. The number of pyridine rings is 2. The number of rotatable bonds is 7. The zero-order chi connectivity index (χ0) is 25.8. The van der Waals surface area contributed by atoms with E-state index >= 15 is 0 Å². The van der Waals surface area contributed by atoms with Crippen LogP contribution >= 0.6 is 0 Å². The lowest BCUT2D eigenvalue weighted by Gasteiger charge is -2.25. The lowest BCUT2D eigenvalue weighted by molar-refractivity contribution is -0.140. The van der Waals surface area contributed by atoms with Crippen LogP contribution in [0, 0.1) is 6.92 Å². The third-order valence-corrected chi connectivity index (χ3v) is 6.42. The smallest absolute Gasteiger partial charge is 0.295 e. The summed E-state index contributed by atoms with van der Waals surface area (Å²) in [5, 5.41) is 11.3. The van der Waals surface area contributed by atoms with E-state index in [0.717, 1.165) is 16.7 Å². The molecule has 2 aromatic heterocycles. The number of hydrogen-bond acceptors (Lipinski definition) is 6. The number of aromatic nitrogens is 2. The summed E-state index contributed by atoms with van der Waals surface area (Å²) < 4.78 is 5.91. The van der Waals surface area contributed by atoms with Gasteiger partial charge in [0.15, 0.2) is 0 Å². The molecule has 0 unspecified atom stereocenters. The molecule has 3 heterocycles. The number of ketones is 1. The van der Waals surface area contributed by atoms with Crippen LogP contribution in [0.4, 0.5) is 0 Å². The zero-order valence-electron chi connectivity index (χ0n) is 20.2. The van der Waals surface area contributed by atoms with Crippen LogP contribution in [0.5, 0.6) is 5.75 Å². The van der Waals surface area contributed by atoms with Crippen LogP contribution in [0.3, 0.4) is 0 Å². The Labute approximate surface area is 214 Å². The predicted molar refractivity (Wildman–Crippen MR) is 138 cm³/mol. The number of nitrogens with zero attached hydrogens (tertiary/aromatic N) is 3. The first-order valence-corrected chi connectivity index (χ1v) is 11.9. The van der Waals surface area contributed by atoms with Gasteiger partial charge in [0.1, 0.15) is 18.1 Å². The topological polar surface area (TPSA) is 92.6 Å². The van der Waals surface area contributed by atoms with Gasteiger partial charge in [-0.1, -0.05) is 30.3 Å². The first kappa shape index (κ1) is 23.9. The van der Waals surface area contributed by atoms with E-state index in [1.807, 2.05) is 37.3 Å². The highest BCUT2D eigenvalue weighted by molar-refractivity contribution is 6.46. The lowest BCUT2D eigenvalue weighted by Crippen LogP contribution is -2.29. The average molecular weight is 492 g/mol. The fraction of sp³-hybridized carbons (Fsp3) is 0.133. The Morgan fingerprint density at radius 2 is 1.68 bits per heavy atom. The Kier molecular flexibility index (Phi) is 6.76. The third kappa shape index (κ3) is 4.97. The van der Waals surface area contributed by atoms with Crippen molar-refractivity contribution in [2.75, 3.05) is 0 Å². The highest BCUT2D eigenvalue weighted by Gasteiger charge is 2.46. The number of benzene rings is 2. The molecule has 1 atom stereocenters. The molecular weight excluding hydrogens is 466 g/mol. The number of carbonyl (C=O) groups is 2. The van der Waals surface area contributed by atoms with E-state index in [1.165, 1.54) is 4.90 Å². The molecule has 2 aromatic carbocycles. The second-order valence-electron chi connectivity index (χ2n) is 8.81. The van der Waals surface area contributed by atoms with Gasteiger partial charge in [-0.3, -0.25) is 19.6 Å². The minimum absolute atomic E-state index is 0.0358. The van der Waals surface area contributed by atoms with Crippen molar-refractivity contribution in [1.29, 1.82) is 0 Å². The normalized spacial score (nSPS) is 16.7. The van der Waals surface area contributed by atoms with Crippen molar-refractivity contribution >= 4 is 17.4 Å². The van der Waals surface area contributed by atoms with E-state index in [0.29, 0.717) is 23.5 Å². The summed E-state index contributed by atoms with van der Waals surface area (Å²) in [5.41, 5.74) is 4.14. The molecule has 0 radical (unpaired) electrons. The van der Waals surface area contributed by atoms with Crippen LogP contribution in [-0.4, -0.2) is 31.7 Å². The van der Waals surface area contributed by atoms with Crippen LogP contribution in [0.15, 0.2) is 103 Å². The van der Waals surface area contributed by atoms with Crippen molar-refractivity contribution in [2.45, 2.75) is 26.1 Å². The van der Waals surface area contributed by atoms with Gasteiger partial charge in [-0.25, -0.2) is 0 Å². The van der Waals surface area contributed by atoms with Crippen LogP contribution in [0.2, 0.25) is 0 Å². The second-order valence-corrected chi connectivity index (χ2v) is 8.81. The second kappa shape index (κ2) is 10.5. The molecule has 7 nitrogen and oxygen atoms in total. The summed E-state index contributed by atoms with van der Waals surface area (Å²) in [5.74, 6) is -1.02. The van der Waals surface area contributed by atoms with Gasteiger partial charge in [0, 0.05) is 36.9 Å². The zero-order valence-corrected chi connectivity index (χ0v) is 20.2. The highest BCUT2D eigenvalue weighted by Crippen LogP contribution is 2.40. The summed E-state index contributed by atoms with van der Waals surface area (Å²) in [7, 11) is 0. The monoisotopic (exact) mass is 491 g/mol. The predicted octanol–water partition coefficient (Wildman–Crippen LogP) is 4.99. The van der Waals surface area contributed by atoms with Gasteiger partial charge in [0.2, 0.25) is 0 Å². The van der Waals surface area contributed by atoms with Gasteiger partial charge in [-0.15, -0.1) is 0 Å². The summed E-state index contributed by atoms with van der Waals surface area (Å²) in [6.45, 7) is 2.62. The van der Waals surface area contributed by atoms with Crippen molar-refractivity contribution in [2.24, 2.45) is 0 Å². The number of aryl methyl sites for hydroxylation is 1. The maximum Gasteiger partial charge on any atom is 0.295 e. The average Bonchev–Trinajstić information content (AvgIpc) is 3.18. The Morgan fingerprint density at radius 3 is 2.38 bits per heavy atom. The molecular formula is C30H25N3O4. The lowest BCUT2D eigenvalue weighted by atomic mass is 9.96. The minimum atomic E-state index is -0.764. The van der Waals surface area contributed by atoms with E-state index < -0.39 is 17.7 Å². The number of amides is 1. The number of Topliss-reactive ketones (excluding diaryl/α,β-unsaturated/α-hetero) is 1. The maximum atomic E-state index is 13.2. The number of carbonyl (C=O) groups excluding carboxylic acids is 2. The van der Waals surface area contributed by atoms with Crippen molar-refractivity contribution in [1.82, 2.24) is 14.9 Å². The van der Waals surface area contributed by atoms with E-state index in [9.17, 15) is 14.7 Å². The Bertz CT molecular complexity index is 1450. The van der Waals surface area contributed by atoms with Crippen molar-refractivity contribution in [3.63, 3.8) is 0 Å². The van der Waals surface area contributed by atoms with Crippen molar-refractivity contribution in [3.8, 4) is 5.75 Å².